The van der Waals surface area contributed by atoms with E-state index in [-0.39, 0.29) is 18.2 Å². The van der Waals surface area contributed by atoms with Crippen LogP contribution in [0.2, 0.25) is 0 Å². The quantitative estimate of drug-likeness (QED) is 0.680. The average Bonchev–Trinajstić information content (AvgIpc) is 3.03. The molecule has 0 saturated carbocycles. The Kier molecular flexibility index (Phi) is 7.55. The largest absolute Gasteiger partial charge is 0.356 e. The highest BCUT2D eigenvalue weighted by Crippen LogP contribution is 2.05. The lowest BCUT2D eigenvalue weighted by Gasteiger charge is -2.06. The number of carbonyl (C=O) groups is 2. The number of nitrogens with zero attached hydrogens (tertiary/aromatic N) is 3. The van der Waals surface area contributed by atoms with Crippen molar-refractivity contribution in [3.63, 3.8) is 0 Å². The van der Waals surface area contributed by atoms with Crippen molar-refractivity contribution in [3.8, 4) is 0 Å². The highest BCUT2D eigenvalue weighted by atomic mass is 16.5. The number of hydrogen-bond donors (Lipinski definition) is 2. The monoisotopic (exact) mass is 345 g/mol. The van der Waals surface area contributed by atoms with Gasteiger partial charge in [0.25, 0.3) is 0 Å². The fraction of sp³-hybridized carbons (Fsp3) is 0.471. The van der Waals surface area contributed by atoms with Crippen LogP contribution in [0.4, 0.5) is 5.69 Å². The molecule has 8 nitrogen and oxygen atoms in total. The number of anilines is 1. The van der Waals surface area contributed by atoms with E-state index in [4.69, 9.17) is 4.52 Å². The standard InChI is InChI=1S/C17H23N5O3/c1-2-5-14-21-17(25-22-14)8-3-7-15(23)19-11-9-16(24)20-13-6-4-10-18-12-13/h4,6,10,12H,2-3,5,7-9,11H2,1H3,(H,19,23)(H,20,24). The Hall–Kier alpha value is -2.77. The number of hydrogen-bond acceptors (Lipinski definition) is 6. The molecular formula is C17H23N5O3. The third kappa shape index (κ3) is 7.11. The zero-order valence-corrected chi connectivity index (χ0v) is 14.3. The van der Waals surface area contributed by atoms with Gasteiger partial charge in [0.05, 0.1) is 11.9 Å². The van der Waals surface area contributed by atoms with E-state index in [2.05, 4.69) is 32.7 Å². The summed E-state index contributed by atoms with van der Waals surface area (Å²) in [5, 5.41) is 9.31. The lowest BCUT2D eigenvalue weighted by molar-refractivity contribution is -0.121. The van der Waals surface area contributed by atoms with Crippen molar-refractivity contribution in [2.75, 3.05) is 11.9 Å². The maximum atomic E-state index is 11.8. The van der Waals surface area contributed by atoms with Crippen LogP contribution in [0.1, 0.15) is 44.3 Å². The molecule has 0 radical (unpaired) electrons. The van der Waals surface area contributed by atoms with Gasteiger partial charge in [0, 0.05) is 38.4 Å². The minimum absolute atomic E-state index is 0.0949. The van der Waals surface area contributed by atoms with Crippen LogP contribution < -0.4 is 10.6 Å². The lowest BCUT2D eigenvalue weighted by atomic mass is 10.2. The van der Waals surface area contributed by atoms with Crippen LogP contribution in [-0.4, -0.2) is 33.5 Å². The van der Waals surface area contributed by atoms with Gasteiger partial charge in [-0.1, -0.05) is 12.1 Å². The summed E-state index contributed by atoms with van der Waals surface area (Å²) >= 11 is 0. The van der Waals surface area contributed by atoms with Crippen LogP contribution in [0.15, 0.2) is 29.0 Å². The number of amides is 2. The van der Waals surface area contributed by atoms with Crippen LogP contribution >= 0.6 is 0 Å². The van der Waals surface area contributed by atoms with Crippen molar-refractivity contribution in [2.45, 2.75) is 45.4 Å². The van der Waals surface area contributed by atoms with Crippen LogP contribution in [0, 0.1) is 0 Å². The Morgan fingerprint density at radius 3 is 2.84 bits per heavy atom. The Morgan fingerprint density at radius 2 is 2.08 bits per heavy atom. The fourth-order valence-electron chi connectivity index (χ4n) is 2.18. The minimum atomic E-state index is -0.164. The predicted molar refractivity (Wildman–Crippen MR) is 91.7 cm³/mol. The van der Waals surface area contributed by atoms with Crippen LogP contribution in [0.5, 0.6) is 0 Å². The van der Waals surface area contributed by atoms with E-state index in [0.29, 0.717) is 43.2 Å². The van der Waals surface area contributed by atoms with Gasteiger partial charge in [0.15, 0.2) is 5.82 Å². The Bertz CT molecular complexity index is 672. The first kappa shape index (κ1) is 18.6. The summed E-state index contributed by atoms with van der Waals surface area (Å²) in [5.74, 6) is 1.01. The zero-order chi connectivity index (χ0) is 17.9. The highest BCUT2D eigenvalue weighted by molar-refractivity contribution is 5.90. The molecule has 2 heterocycles. The first-order valence-electron chi connectivity index (χ1n) is 8.45. The third-order valence-corrected chi connectivity index (χ3v) is 3.40. The SMILES string of the molecule is CCCc1noc(CCCC(=O)NCCC(=O)Nc2cccnc2)n1. The van der Waals surface area contributed by atoms with E-state index < -0.39 is 0 Å². The molecular weight excluding hydrogens is 322 g/mol. The average molecular weight is 345 g/mol. The van der Waals surface area contributed by atoms with Crippen LogP contribution in [0.3, 0.4) is 0 Å². The summed E-state index contributed by atoms with van der Waals surface area (Å²) in [5.41, 5.74) is 0.640. The van der Waals surface area contributed by atoms with E-state index in [1.54, 1.807) is 24.5 Å². The number of aryl methyl sites for hydroxylation is 2. The van der Waals surface area contributed by atoms with E-state index >= 15 is 0 Å². The first-order valence-corrected chi connectivity index (χ1v) is 8.45. The number of carbonyl (C=O) groups excluding carboxylic acids is 2. The molecule has 0 bridgehead atoms. The van der Waals surface area contributed by atoms with Crippen LogP contribution in [0.25, 0.3) is 0 Å². The van der Waals surface area contributed by atoms with Gasteiger partial charge in [0.2, 0.25) is 17.7 Å². The van der Waals surface area contributed by atoms with Gasteiger partial charge in [-0.2, -0.15) is 4.98 Å². The molecule has 0 unspecified atom stereocenters. The van der Waals surface area contributed by atoms with Gasteiger partial charge in [0.1, 0.15) is 0 Å². The molecule has 0 saturated heterocycles. The molecule has 0 atom stereocenters. The van der Waals surface area contributed by atoms with Crippen LogP contribution in [-0.2, 0) is 22.4 Å². The van der Waals surface area contributed by atoms with Gasteiger partial charge in [-0.25, -0.2) is 0 Å². The van der Waals surface area contributed by atoms with Crippen molar-refractivity contribution < 1.29 is 14.1 Å². The highest BCUT2D eigenvalue weighted by Gasteiger charge is 2.08. The van der Waals surface area contributed by atoms with Gasteiger partial charge in [-0.05, 0) is 25.0 Å². The minimum Gasteiger partial charge on any atom is -0.356 e. The predicted octanol–water partition coefficient (Wildman–Crippen LogP) is 1.88. The molecule has 2 N–H and O–H groups in total. The summed E-state index contributed by atoms with van der Waals surface area (Å²) < 4.78 is 5.12. The van der Waals surface area contributed by atoms with Crippen molar-refractivity contribution in [2.24, 2.45) is 0 Å². The second-order valence-electron chi connectivity index (χ2n) is 5.60. The molecule has 0 spiro atoms. The Morgan fingerprint density at radius 1 is 1.20 bits per heavy atom. The van der Waals surface area contributed by atoms with E-state index in [1.807, 2.05) is 0 Å². The summed E-state index contributed by atoms with van der Waals surface area (Å²) in [6, 6.07) is 3.50. The molecule has 2 amide bonds. The van der Waals surface area contributed by atoms with Gasteiger partial charge in [-0.3, -0.25) is 14.6 Å². The van der Waals surface area contributed by atoms with Gasteiger partial charge in [-0.15, -0.1) is 0 Å². The molecule has 0 aliphatic heterocycles. The summed E-state index contributed by atoms with van der Waals surface area (Å²) in [6.45, 7) is 2.35. The van der Waals surface area contributed by atoms with Crippen molar-refractivity contribution >= 4 is 17.5 Å². The van der Waals surface area contributed by atoms with Crippen molar-refractivity contribution in [3.05, 3.63) is 36.2 Å². The number of rotatable bonds is 10. The number of nitrogens with one attached hydrogen (secondary N) is 2. The Labute approximate surface area is 146 Å². The Balaban J connectivity index is 1.56. The molecule has 2 aromatic heterocycles. The van der Waals surface area contributed by atoms with E-state index in [0.717, 1.165) is 12.8 Å². The second-order valence-corrected chi connectivity index (χ2v) is 5.60. The molecule has 25 heavy (non-hydrogen) atoms. The third-order valence-electron chi connectivity index (χ3n) is 3.40. The molecule has 2 aromatic rings. The fourth-order valence-corrected chi connectivity index (χ4v) is 2.18. The molecule has 0 aliphatic carbocycles. The smallest absolute Gasteiger partial charge is 0.226 e. The van der Waals surface area contributed by atoms with E-state index in [9.17, 15) is 9.59 Å². The zero-order valence-electron chi connectivity index (χ0n) is 14.3. The van der Waals surface area contributed by atoms with Gasteiger partial charge >= 0.3 is 0 Å². The summed E-state index contributed by atoms with van der Waals surface area (Å²) in [4.78, 5) is 31.7. The van der Waals surface area contributed by atoms with Gasteiger partial charge < -0.3 is 15.2 Å². The molecule has 134 valence electrons. The van der Waals surface area contributed by atoms with Crippen molar-refractivity contribution in [1.29, 1.82) is 0 Å². The van der Waals surface area contributed by atoms with E-state index in [1.165, 1.54) is 0 Å². The summed E-state index contributed by atoms with van der Waals surface area (Å²) in [7, 11) is 0. The molecule has 0 fully saturated rings. The lowest BCUT2D eigenvalue weighted by Crippen LogP contribution is -2.27. The molecule has 0 aromatic carbocycles. The number of pyridine rings is 1. The molecule has 0 aliphatic rings. The summed E-state index contributed by atoms with van der Waals surface area (Å²) in [6.07, 6.45) is 6.74. The first-order chi connectivity index (χ1) is 12.2. The second kappa shape index (κ2) is 10.2. The molecule has 8 heteroatoms. The normalized spacial score (nSPS) is 10.4. The topological polar surface area (TPSA) is 110 Å². The maximum Gasteiger partial charge on any atom is 0.226 e. The maximum absolute atomic E-state index is 11.8. The number of aromatic nitrogens is 3. The van der Waals surface area contributed by atoms with Crippen molar-refractivity contribution in [1.82, 2.24) is 20.4 Å². The molecule has 2 rings (SSSR count).